The molecule has 0 nitrogen and oxygen atoms in total. The van der Waals surface area contributed by atoms with Crippen LogP contribution in [-0.4, -0.2) is 5.16 Å². The number of hydrogen-bond acceptors (Lipinski definition) is 0. The molecule has 0 fully saturated rings. The molecule has 1 atom stereocenters. The van der Waals surface area contributed by atoms with Gasteiger partial charge >= 0.3 is 167 Å². The fourth-order valence-electron chi connectivity index (χ4n) is 4.52. The monoisotopic (exact) mass is 390 g/mol. The zero-order valence-corrected chi connectivity index (χ0v) is 17.4. The van der Waals surface area contributed by atoms with E-state index in [0.29, 0.717) is 0 Å². The summed E-state index contributed by atoms with van der Waals surface area (Å²) in [6.07, 6.45) is 6.86. The summed E-state index contributed by atoms with van der Waals surface area (Å²) in [6, 6.07) is 32.0. The van der Waals surface area contributed by atoms with Crippen molar-refractivity contribution in [3.8, 4) is 0 Å². The molecule has 0 spiro atoms. The maximum absolute atomic E-state index is 8.22. The van der Waals surface area contributed by atoms with Crippen molar-refractivity contribution in [2.45, 2.75) is 19.0 Å². The van der Waals surface area contributed by atoms with E-state index in [-0.39, 0.29) is 5.16 Å². The van der Waals surface area contributed by atoms with Crippen molar-refractivity contribution in [2.75, 3.05) is 0 Å². The minimum absolute atomic E-state index is 0.318. The van der Waals surface area contributed by atoms with Gasteiger partial charge in [-0.1, -0.05) is 0 Å². The summed E-state index contributed by atoms with van der Waals surface area (Å²) in [5, 5.41) is 3.27. The van der Waals surface area contributed by atoms with Gasteiger partial charge in [-0.25, -0.2) is 0 Å². The Morgan fingerprint density at radius 3 is 1.33 bits per heavy atom. The second-order valence-corrected chi connectivity index (χ2v) is 14.0. The SMILES string of the molecule is CC1=CC(C)(P(Cl)(c2ccccc2)(c2ccccc2)c2ccccc2)C=C1. The van der Waals surface area contributed by atoms with E-state index in [0.717, 1.165) is 0 Å². The van der Waals surface area contributed by atoms with Crippen molar-refractivity contribution in [3.63, 3.8) is 0 Å². The fourth-order valence-corrected chi connectivity index (χ4v) is 11.4. The Hall–Kier alpha value is -2.14. The van der Waals surface area contributed by atoms with Crippen LogP contribution in [0.2, 0.25) is 0 Å². The molecule has 1 aliphatic rings. The fraction of sp³-hybridized carbons (Fsp3) is 0.120. The number of allylic oxidation sites excluding steroid dienone is 4. The van der Waals surface area contributed by atoms with Crippen molar-refractivity contribution in [1.29, 1.82) is 0 Å². The summed E-state index contributed by atoms with van der Waals surface area (Å²) in [5.41, 5.74) is 1.26. The molecule has 3 aromatic rings. The van der Waals surface area contributed by atoms with Gasteiger partial charge in [-0.3, -0.25) is 0 Å². The van der Waals surface area contributed by atoms with Crippen LogP contribution in [0.3, 0.4) is 0 Å². The molecule has 0 saturated heterocycles. The second kappa shape index (κ2) is 6.48. The van der Waals surface area contributed by atoms with E-state index in [1.165, 1.54) is 21.5 Å². The summed E-state index contributed by atoms with van der Waals surface area (Å²) in [7, 11) is 0. The van der Waals surface area contributed by atoms with Crippen LogP contribution >= 0.6 is 17.2 Å². The van der Waals surface area contributed by atoms with E-state index in [2.05, 4.69) is 123 Å². The number of hydrogen-bond donors (Lipinski definition) is 0. The van der Waals surface area contributed by atoms with Crippen molar-refractivity contribution in [3.05, 3.63) is 115 Å². The molecule has 0 saturated carbocycles. The minimum atomic E-state index is -3.37. The zero-order chi connectivity index (χ0) is 19.0. The summed E-state index contributed by atoms with van der Waals surface area (Å²) < 4.78 is 0. The van der Waals surface area contributed by atoms with Gasteiger partial charge in [0.15, 0.2) is 0 Å². The van der Waals surface area contributed by atoms with Gasteiger partial charge in [-0.2, -0.15) is 0 Å². The molecule has 136 valence electrons. The van der Waals surface area contributed by atoms with Crippen molar-refractivity contribution in [1.82, 2.24) is 0 Å². The van der Waals surface area contributed by atoms with Gasteiger partial charge in [0.2, 0.25) is 0 Å². The quantitative estimate of drug-likeness (QED) is 0.483. The first-order valence-corrected chi connectivity index (χ1v) is 12.4. The topological polar surface area (TPSA) is 0 Å². The van der Waals surface area contributed by atoms with E-state index >= 15 is 0 Å². The van der Waals surface area contributed by atoms with Crippen molar-refractivity contribution >= 4 is 33.1 Å². The summed E-state index contributed by atoms with van der Waals surface area (Å²) >= 11 is 8.22. The van der Waals surface area contributed by atoms with Crippen molar-refractivity contribution < 1.29 is 0 Å². The summed E-state index contributed by atoms with van der Waals surface area (Å²) in [5.74, 6) is -3.37. The van der Waals surface area contributed by atoms with Crippen LogP contribution in [0, 0.1) is 0 Å². The molecule has 0 aromatic heterocycles. The van der Waals surface area contributed by atoms with Crippen LogP contribution in [0.15, 0.2) is 115 Å². The van der Waals surface area contributed by atoms with Gasteiger partial charge in [0, 0.05) is 0 Å². The van der Waals surface area contributed by atoms with Crippen molar-refractivity contribution in [2.24, 2.45) is 0 Å². The molecule has 0 radical (unpaired) electrons. The molecular weight excluding hydrogens is 367 g/mol. The van der Waals surface area contributed by atoms with Crippen LogP contribution in [0.1, 0.15) is 13.8 Å². The van der Waals surface area contributed by atoms with Crippen LogP contribution in [-0.2, 0) is 0 Å². The van der Waals surface area contributed by atoms with Gasteiger partial charge in [0.05, 0.1) is 0 Å². The zero-order valence-electron chi connectivity index (χ0n) is 15.7. The van der Waals surface area contributed by atoms with E-state index < -0.39 is 5.96 Å². The van der Waals surface area contributed by atoms with Gasteiger partial charge in [0.25, 0.3) is 0 Å². The molecule has 0 amide bonds. The first kappa shape index (κ1) is 18.2. The van der Waals surface area contributed by atoms with E-state index in [1.807, 2.05) is 0 Å². The van der Waals surface area contributed by atoms with E-state index in [4.69, 9.17) is 11.2 Å². The average molecular weight is 391 g/mol. The molecule has 2 heteroatoms. The van der Waals surface area contributed by atoms with Gasteiger partial charge in [-0.15, -0.1) is 0 Å². The Balaban J connectivity index is 2.23. The number of rotatable bonds is 4. The maximum atomic E-state index is 8.22. The van der Waals surface area contributed by atoms with Crippen LogP contribution in [0.25, 0.3) is 0 Å². The number of halogens is 1. The molecular formula is C25H24ClP. The Bertz CT molecular complexity index is 907. The van der Waals surface area contributed by atoms with Gasteiger partial charge in [-0.05, 0) is 0 Å². The summed E-state index contributed by atoms with van der Waals surface area (Å²) in [4.78, 5) is 0. The third-order valence-corrected chi connectivity index (χ3v) is 14.6. The molecule has 27 heavy (non-hydrogen) atoms. The molecule has 1 unspecified atom stereocenters. The van der Waals surface area contributed by atoms with E-state index in [9.17, 15) is 0 Å². The molecule has 0 bridgehead atoms. The first-order valence-electron chi connectivity index (χ1n) is 9.28. The average Bonchev–Trinajstić information content (AvgIpc) is 3.10. The third kappa shape index (κ3) is 2.40. The first-order chi connectivity index (χ1) is 13.0. The third-order valence-electron chi connectivity index (χ3n) is 5.83. The number of benzene rings is 3. The van der Waals surface area contributed by atoms with E-state index in [1.54, 1.807) is 0 Å². The molecule has 3 aromatic carbocycles. The van der Waals surface area contributed by atoms with Crippen LogP contribution < -0.4 is 15.9 Å². The molecule has 1 aliphatic carbocycles. The van der Waals surface area contributed by atoms with Crippen LogP contribution in [0.5, 0.6) is 0 Å². The molecule has 0 heterocycles. The van der Waals surface area contributed by atoms with Gasteiger partial charge in [0.1, 0.15) is 0 Å². The Morgan fingerprint density at radius 2 is 1.04 bits per heavy atom. The van der Waals surface area contributed by atoms with Crippen LogP contribution in [0.4, 0.5) is 0 Å². The van der Waals surface area contributed by atoms with Gasteiger partial charge < -0.3 is 0 Å². The Morgan fingerprint density at radius 1 is 0.667 bits per heavy atom. The molecule has 0 aliphatic heterocycles. The predicted octanol–water partition coefficient (Wildman–Crippen LogP) is 5.94. The normalized spacial score (nSPS) is 20.7. The molecule has 4 rings (SSSR count). The molecule has 0 N–H and O–H groups in total. The predicted molar refractivity (Wildman–Crippen MR) is 122 cm³/mol. The standard InChI is InChI=1S/C25H24ClP/c1-21-18-19-25(2,20-21)27(26,22-12-6-3-7-13-22,23-14-8-4-9-15-23)24-16-10-5-11-17-24/h3-20H,1-2H3. The Labute approximate surface area is 166 Å². The summed E-state index contributed by atoms with van der Waals surface area (Å²) in [6.45, 7) is 4.44. The Kier molecular flexibility index (Phi) is 4.38. The second-order valence-electron chi connectivity index (χ2n) is 7.46.